The van der Waals surface area contributed by atoms with E-state index in [1.165, 1.54) is 6.07 Å². The highest BCUT2D eigenvalue weighted by Crippen LogP contribution is 2.27. The molecule has 1 heterocycles. The van der Waals surface area contributed by atoms with Crippen LogP contribution < -0.4 is 5.43 Å². The zero-order valence-electron chi connectivity index (χ0n) is 10.7. The fraction of sp³-hybridized carbons (Fsp3) is 0. The van der Waals surface area contributed by atoms with Crippen molar-refractivity contribution in [3.8, 4) is 0 Å². The third-order valence-electron chi connectivity index (χ3n) is 3.62. The molecule has 21 heavy (non-hydrogen) atoms. The van der Waals surface area contributed by atoms with Crippen molar-refractivity contribution in [1.29, 1.82) is 0 Å². The minimum atomic E-state index is -1.14. The fourth-order valence-corrected chi connectivity index (χ4v) is 2.63. The van der Waals surface area contributed by atoms with Crippen molar-refractivity contribution in [3.05, 3.63) is 70.4 Å². The summed E-state index contributed by atoms with van der Waals surface area (Å²) in [6.45, 7) is 0. The Bertz CT molecular complexity index is 1080. The molecule has 0 atom stereocenters. The van der Waals surface area contributed by atoms with Crippen LogP contribution in [-0.4, -0.2) is 0 Å². The lowest BCUT2D eigenvalue weighted by molar-refractivity contribution is 0.496. The molecule has 3 aromatic carbocycles. The van der Waals surface area contributed by atoms with Gasteiger partial charge in [-0.25, -0.2) is 4.39 Å². The van der Waals surface area contributed by atoms with E-state index in [1.807, 2.05) is 18.2 Å². The van der Waals surface area contributed by atoms with Crippen LogP contribution in [0.4, 0.5) is 8.78 Å². The Labute approximate surface area is 117 Å². The van der Waals surface area contributed by atoms with Crippen molar-refractivity contribution in [3.63, 3.8) is 0 Å². The van der Waals surface area contributed by atoms with Gasteiger partial charge in [-0.2, -0.15) is 4.39 Å². The van der Waals surface area contributed by atoms with Crippen LogP contribution in [0.25, 0.3) is 32.7 Å². The number of hydrogen-bond donors (Lipinski definition) is 0. The topological polar surface area (TPSA) is 30.2 Å². The standard InChI is InChI=1S/C17H8F2O2/c18-12-7-6-11-16(20)14-10-4-2-1-3-9(10)5-8-13(14)21-17(11)15(12)19/h1-8H. The summed E-state index contributed by atoms with van der Waals surface area (Å²) < 4.78 is 32.5. The SMILES string of the molecule is O=c1c2ccc(F)c(F)c2oc2ccc3ccccc3c12. The molecule has 4 heteroatoms. The second kappa shape index (κ2) is 4.12. The molecule has 0 aliphatic carbocycles. The summed E-state index contributed by atoms with van der Waals surface area (Å²) in [6, 6.07) is 12.9. The molecule has 0 saturated heterocycles. The number of fused-ring (bicyclic) bond motifs is 4. The average molecular weight is 282 g/mol. The molecule has 2 nitrogen and oxygen atoms in total. The van der Waals surface area contributed by atoms with Gasteiger partial charge in [0.15, 0.2) is 11.4 Å². The van der Waals surface area contributed by atoms with Crippen LogP contribution in [0.1, 0.15) is 0 Å². The van der Waals surface area contributed by atoms with Gasteiger partial charge in [-0.05, 0) is 29.0 Å². The van der Waals surface area contributed by atoms with Crippen LogP contribution in [0.3, 0.4) is 0 Å². The van der Waals surface area contributed by atoms with E-state index in [0.717, 1.165) is 16.8 Å². The molecule has 102 valence electrons. The Hall–Kier alpha value is -2.75. The molecule has 0 amide bonds. The van der Waals surface area contributed by atoms with E-state index in [9.17, 15) is 13.6 Å². The van der Waals surface area contributed by atoms with Crippen LogP contribution in [-0.2, 0) is 0 Å². The predicted molar refractivity (Wildman–Crippen MR) is 77.4 cm³/mol. The van der Waals surface area contributed by atoms with Gasteiger partial charge >= 0.3 is 0 Å². The Morgan fingerprint density at radius 2 is 1.67 bits per heavy atom. The number of benzene rings is 3. The molecule has 0 N–H and O–H groups in total. The lowest BCUT2D eigenvalue weighted by Crippen LogP contribution is -2.04. The molecular formula is C17H8F2O2. The molecule has 0 radical (unpaired) electrons. The second-order valence-electron chi connectivity index (χ2n) is 4.83. The smallest absolute Gasteiger partial charge is 0.202 e. The molecule has 0 fully saturated rings. The predicted octanol–water partition coefficient (Wildman–Crippen LogP) is 4.38. The monoisotopic (exact) mass is 282 g/mol. The fourth-order valence-electron chi connectivity index (χ4n) is 2.63. The number of rotatable bonds is 0. The molecule has 0 aliphatic heterocycles. The molecule has 0 spiro atoms. The van der Waals surface area contributed by atoms with Gasteiger partial charge < -0.3 is 4.42 Å². The minimum Gasteiger partial charge on any atom is -0.453 e. The Balaban J connectivity index is 2.34. The summed E-state index contributed by atoms with van der Waals surface area (Å²) in [6.07, 6.45) is 0. The summed E-state index contributed by atoms with van der Waals surface area (Å²) in [5.74, 6) is -2.18. The van der Waals surface area contributed by atoms with E-state index >= 15 is 0 Å². The van der Waals surface area contributed by atoms with E-state index in [2.05, 4.69) is 0 Å². The van der Waals surface area contributed by atoms with Gasteiger partial charge in [0.05, 0.1) is 10.8 Å². The third kappa shape index (κ3) is 1.59. The Morgan fingerprint density at radius 3 is 2.52 bits per heavy atom. The molecule has 4 rings (SSSR count). The molecule has 0 saturated carbocycles. The maximum absolute atomic E-state index is 13.8. The summed E-state index contributed by atoms with van der Waals surface area (Å²) in [5, 5.41) is 2.04. The van der Waals surface area contributed by atoms with E-state index in [0.29, 0.717) is 5.39 Å². The number of hydrogen-bond acceptors (Lipinski definition) is 2. The zero-order chi connectivity index (χ0) is 14.6. The van der Waals surface area contributed by atoms with Crippen LogP contribution in [0.15, 0.2) is 57.7 Å². The van der Waals surface area contributed by atoms with Crippen molar-refractivity contribution in [2.75, 3.05) is 0 Å². The van der Waals surface area contributed by atoms with E-state index < -0.39 is 11.6 Å². The van der Waals surface area contributed by atoms with E-state index in [-0.39, 0.29) is 22.0 Å². The summed E-state index contributed by atoms with van der Waals surface area (Å²) >= 11 is 0. The molecule has 4 aromatic rings. The van der Waals surface area contributed by atoms with Gasteiger partial charge in [-0.1, -0.05) is 30.3 Å². The largest absolute Gasteiger partial charge is 0.453 e. The van der Waals surface area contributed by atoms with E-state index in [1.54, 1.807) is 18.2 Å². The highest BCUT2D eigenvalue weighted by molar-refractivity contribution is 6.08. The van der Waals surface area contributed by atoms with Gasteiger partial charge in [0.1, 0.15) is 5.58 Å². The van der Waals surface area contributed by atoms with Crippen LogP contribution in [0.5, 0.6) is 0 Å². The lowest BCUT2D eigenvalue weighted by Gasteiger charge is -2.05. The highest BCUT2D eigenvalue weighted by atomic mass is 19.2. The highest BCUT2D eigenvalue weighted by Gasteiger charge is 2.16. The summed E-state index contributed by atoms with van der Waals surface area (Å²) in [7, 11) is 0. The molecule has 0 bridgehead atoms. The first-order chi connectivity index (χ1) is 10.2. The first-order valence-corrected chi connectivity index (χ1v) is 6.39. The number of halogens is 2. The van der Waals surface area contributed by atoms with Crippen LogP contribution >= 0.6 is 0 Å². The lowest BCUT2D eigenvalue weighted by atomic mass is 10.0. The van der Waals surface area contributed by atoms with Crippen molar-refractivity contribution >= 4 is 32.7 Å². The van der Waals surface area contributed by atoms with Crippen molar-refractivity contribution < 1.29 is 13.2 Å². The van der Waals surface area contributed by atoms with Gasteiger partial charge in [-0.3, -0.25) is 4.79 Å². The minimum absolute atomic E-state index is 0.0396. The second-order valence-corrected chi connectivity index (χ2v) is 4.83. The average Bonchev–Trinajstić information content (AvgIpc) is 2.51. The molecule has 0 unspecified atom stereocenters. The van der Waals surface area contributed by atoms with Gasteiger partial charge in [0.25, 0.3) is 0 Å². The van der Waals surface area contributed by atoms with Gasteiger partial charge in [-0.15, -0.1) is 0 Å². The van der Waals surface area contributed by atoms with Crippen LogP contribution in [0, 0.1) is 11.6 Å². The quantitative estimate of drug-likeness (QED) is 0.354. The molecular weight excluding hydrogens is 274 g/mol. The Morgan fingerprint density at radius 1 is 0.857 bits per heavy atom. The van der Waals surface area contributed by atoms with Gasteiger partial charge in [0.2, 0.25) is 11.2 Å². The van der Waals surface area contributed by atoms with Gasteiger partial charge in [0, 0.05) is 0 Å². The third-order valence-corrected chi connectivity index (χ3v) is 3.62. The van der Waals surface area contributed by atoms with E-state index in [4.69, 9.17) is 4.42 Å². The summed E-state index contributed by atoms with van der Waals surface area (Å²) in [5.41, 5.74) is -0.458. The Kier molecular flexibility index (Phi) is 2.36. The first-order valence-electron chi connectivity index (χ1n) is 6.39. The normalized spacial score (nSPS) is 11.5. The maximum Gasteiger partial charge on any atom is 0.202 e. The first kappa shape index (κ1) is 12.0. The van der Waals surface area contributed by atoms with Crippen molar-refractivity contribution in [1.82, 2.24) is 0 Å². The summed E-state index contributed by atoms with van der Waals surface area (Å²) in [4.78, 5) is 12.6. The maximum atomic E-state index is 13.8. The molecule has 1 aromatic heterocycles. The molecule has 0 aliphatic rings. The zero-order valence-corrected chi connectivity index (χ0v) is 10.7. The van der Waals surface area contributed by atoms with Crippen molar-refractivity contribution in [2.45, 2.75) is 0 Å². The van der Waals surface area contributed by atoms with Crippen molar-refractivity contribution in [2.24, 2.45) is 0 Å². The van der Waals surface area contributed by atoms with Crippen LogP contribution in [0.2, 0.25) is 0 Å².